The highest BCUT2D eigenvalue weighted by Gasteiger charge is 2.07. The molecule has 6 nitrogen and oxygen atoms in total. The maximum Gasteiger partial charge on any atom is 0.258 e. The van der Waals surface area contributed by atoms with Crippen LogP contribution in [0, 0.1) is 6.92 Å². The first-order valence-electron chi connectivity index (χ1n) is 9.61. The summed E-state index contributed by atoms with van der Waals surface area (Å²) >= 11 is 0. The molecule has 0 aliphatic rings. The maximum absolute atomic E-state index is 12.0. The van der Waals surface area contributed by atoms with Gasteiger partial charge in [-0.05, 0) is 54.4 Å². The fraction of sp³-hybridized carbons (Fsp3) is 0.167. The molecule has 0 spiro atoms. The number of carbonyl (C=O) groups excluding carboxylic acids is 2. The minimum atomic E-state index is -0.365. The van der Waals surface area contributed by atoms with Crippen molar-refractivity contribution in [2.45, 2.75) is 13.5 Å². The zero-order valence-corrected chi connectivity index (χ0v) is 16.8. The van der Waals surface area contributed by atoms with E-state index >= 15 is 0 Å². The molecule has 154 valence electrons. The summed E-state index contributed by atoms with van der Waals surface area (Å²) in [6.45, 7) is 2.13. The highest BCUT2D eigenvalue weighted by Crippen LogP contribution is 2.17. The molecular weight excluding hydrogens is 380 g/mol. The van der Waals surface area contributed by atoms with Crippen molar-refractivity contribution in [3.8, 4) is 11.5 Å². The summed E-state index contributed by atoms with van der Waals surface area (Å²) in [6, 6.07) is 24.4. The average molecular weight is 404 g/mol. The Kier molecular flexibility index (Phi) is 7.44. The molecule has 0 radical (unpaired) electrons. The van der Waals surface area contributed by atoms with Gasteiger partial charge < -0.3 is 20.1 Å². The molecule has 3 aromatic rings. The van der Waals surface area contributed by atoms with Crippen molar-refractivity contribution >= 4 is 17.5 Å². The lowest BCUT2D eigenvalue weighted by Crippen LogP contribution is -2.35. The number of nitrogens with one attached hydrogen (secondary N) is 2. The monoisotopic (exact) mass is 404 g/mol. The van der Waals surface area contributed by atoms with Gasteiger partial charge in [-0.3, -0.25) is 9.59 Å². The van der Waals surface area contributed by atoms with Gasteiger partial charge >= 0.3 is 0 Å². The molecule has 0 atom stereocenters. The predicted molar refractivity (Wildman–Crippen MR) is 116 cm³/mol. The topological polar surface area (TPSA) is 76.7 Å². The highest BCUT2D eigenvalue weighted by atomic mass is 16.5. The van der Waals surface area contributed by atoms with E-state index < -0.39 is 0 Å². The largest absolute Gasteiger partial charge is 0.489 e. The number of amides is 2. The van der Waals surface area contributed by atoms with Crippen LogP contribution in [0.15, 0.2) is 78.9 Å². The van der Waals surface area contributed by atoms with E-state index in [4.69, 9.17) is 9.47 Å². The summed E-state index contributed by atoms with van der Waals surface area (Å²) in [7, 11) is 0. The molecule has 0 aliphatic carbocycles. The quantitative estimate of drug-likeness (QED) is 0.570. The van der Waals surface area contributed by atoms with Gasteiger partial charge in [0.25, 0.3) is 5.91 Å². The second-order valence-corrected chi connectivity index (χ2v) is 6.73. The third kappa shape index (κ3) is 6.98. The predicted octanol–water partition coefficient (Wildman–Crippen LogP) is 3.71. The zero-order valence-electron chi connectivity index (χ0n) is 16.8. The minimum absolute atomic E-state index is 0.137. The Hall–Kier alpha value is -3.80. The standard InChI is InChI=1S/C24H24N2O4/c1-18-6-5-9-22(14-18)30-17-24(28)25-15-23(27)26-20-10-12-21(13-11-20)29-16-19-7-3-2-4-8-19/h2-14H,15-17H2,1H3,(H,25,28)(H,26,27). The Morgan fingerprint density at radius 1 is 0.800 bits per heavy atom. The van der Waals surface area contributed by atoms with E-state index in [9.17, 15) is 9.59 Å². The van der Waals surface area contributed by atoms with Crippen molar-refractivity contribution in [3.05, 3.63) is 90.0 Å². The van der Waals surface area contributed by atoms with Crippen LogP contribution < -0.4 is 20.1 Å². The molecule has 2 amide bonds. The summed E-state index contributed by atoms with van der Waals surface area (Å²) in [5.74, 6) is 0.635. The Bertz CT molecular complexity index is 972. The van der Waals surface area contributed by atoms with E-state index in [0.717, 1.165) is 11.1 Å². The third-order valence-corrected chi connectivity index (χ3v) is 4.19. The second-order valence-electron chi connectivity index (χ2n) is 6.73. The first-order chi connectivity index (χ1) is 14.6. The molecule has 0 saturated heterocycles. The van der Waals surface area contributed by atoms with Crippen molar-refractivity contribution < 1.29 is 19.1 Å². The number of rotatable bonds is 9. The van der Waals surface area contributed by atoms with Crippen molar-refractivity contribution in [1.29, 1.82) is 0 Å². The molecule has 0 fully saturated rings. The van der Waals surface area contributed by atoms with E-state index in [1.165, 1.54) is 0 Å². The van der Waals surface area contributed by atoms with Crippen molar-refractivity contribution in [3.63, 3.8) is 0 Å². The first-order valence-corrected chi connectivity index (χ1v) is 9.61. The summed E-state index contributed by atoms with van der Waals surface area (Å²) in [5, 5.41) is 5.27. The molecule has 0 bridgehead atoms. The average Bonchev–Trinajstić information content (AvgIpc) is 2.76. The Balaban J connectivity index is 1.37. The normalized spacial score (nSPS) is 10.2. The Morgan fingerprint density at radius 3 is 2.30 bits per heavy atom. The van der Waals surface area contributed by atoms with E-state index in [-0.39, 0.29) is 25.0 Å². The van der Waals surface area contributed by atoms with Gasteiger partial charge in [-0.25, -0.2) is 0 Å². The fourth-order valence-electron chi connectivity index (χ4n) is 2.66. The van der Waals surface area contributed by atoms with Gasteiger partial charge in [0.15, 0.2) is 6.61 Å². The van der Waals surface area contributed by atoms with Crippen LogP contribution in [0.4, 0.5) is 5.69 Å². The van der Waals surface area contributed by atoms with Gasteiger partial charge in [0.2, 0.25) is 5.91 Å². The van der Waals surface area contributed by atoms with Crippen LogP contribution in [-0.2, 0) is 16.2 Å². The highest BCUT2D eigenvalue weighted by molar-refractivity contribution is 5.94. The number of benzene rings is 3. The van der Waals surface area contributed by atoms with Gasteiger partial charge in [0.05, 0.1) is 6.54 Å². The number of aryl methyl sites for hydroxylation is 1. The lowest BCUT2D eigenvalue weighted by Gasteiger charge is -2.10. The van der Waals surface area contributed by atoms with Crippen molar-refractivity contribution in [2.75, 3.05) is 18.5 Å². The molecule has 0 heterocycles. The number of ether oxygens (including phenoxy) is 2. The smallest absolute Gasteiger partial charge is 0.258 e. The lowest BCUT2D eigenvalue weighted by molar-refractivity contribution is -0.125. The molecule has 6 heteroatoms. The zero-order chi connectivity index (χ0) is 21.2. The van der Waals surface area contributed by atoms with Gasteiger partial charge in [0.1, 0.15) is 18.1 Å². The number of carbonyl (C=O) groups is 2. The van der Waals surface area contributed by atoms with Crippen molar-refractivity contribution in [1.82, 2.24) is 5.32 Å². The van der Waals surface area contributed by atoms with Crippen molar-refractivity contribution in [2.24, 2.45) is 0 Å². The molecule has 3 aromatic carbocycles. The van der Waals surface area contributed by atoms with E-state index in [1.54, 1.807) is 30.3 Å². The van der Waals surface area contributed by atoms with Gasteiger partial charge in [-0.15, -0.1) is 0 Å². The fourth-order valence-corrected chi connectivity index (χ4v) is 2.66. The molecule has 0 aliphatic heterocycles. The first kappa shape index (κ1) is 20.9. The minimum Gasteiger partial charge on any atom is -0.489 e. The Morgan fingerprint density at radius 2 is 1.57 bits per heavy atom. The summed E-state index contributed by atoms with van der Waals surface area (Å²) < 4.78 is 11.1. The van der Waals surface area contributed by atoms with Crippen LogP contribution in [0.2, 0.25) is 0 Å². The van der Waals surface area contributed by atoms with Gasteiger partial charge in [0, 0.05) is 5.69 Å². The van der Waals surface area contributed by atoms with E-state index in [2.05, 4.69) is 10.6 Å². The van der Waals surface area contributed by atoms with E-state index in [0.29, 0.717) is 23.8 Å². The second kappa shape index (κ2) is 10.7. The van der Waals surface area contributed by atoms with Crippen LogP contribution in [0.5, 0.6) is 11.5 Å². The Labute approximate surface area is 175 Å². The number of hydrogen-bond donors (Lipinski definition) is 2. The molecule has 0 unspecified atom stereocenters. The summed E-state index contributed by atoms with van der Waals surface area (Å²) in [6.07, 6.45) is 0. The van der Waals surface area contributed by atoms with E-state index in [1.807, 2.05) is 55.5 Å². The van der Waals surface area contributed by atoms with Crippen LogP contribution in [0.3, 0.4) is 0 Å². The summed E-state index contributed by atoms with van der Waals surface area (Å²) in [4.78, 5) is 23.9. The lowest BCUT2D eigenvalue weighted by atomic mass is 10.2. The molecular formula is C24H24N2O4. The summed E-state index contributed by atoms with van der Waals surface area (Å²) in [5.41, 5.74) is 2.75. The number of anilines is 1. The molecule has 2 N–H and O–H groups in total. The SMILES string of the molecule is Cc1cccc(OCC(=O)NCC(=O)Nc2ccc(OCc3ccccc3)cc2)c1. The maximum atomic E-state index is 12.0. The molecule has 3 rings (SSSR count). The van der Waals surface area contributed by atoms with Gasteiger partial charge in [-0.2, -0.15) is 0 Å². The number of hydrogen-bond acceptors (Lipinski definition) is 4. The van der Waals surface area contributed by atoms with Crippen LogP contribution in [0.1, 0.15) is 11.1 Å². The van der Waals surface area contributed by atoms with Crippen LogP contribution in [-0.4, -0.2) is 25.0 Å². The van der Waals surface area contributed by atoms with Gasteiger partial charge in [-0.1, -0.05) is 42.5 Å². The van der Waals surface area contributed by atoms with Crippen LogP contribution in [0.25, 0.3) is 0 Å². The molecule has 0 aromatic heterocycles. The molecule has 30 heavy (non-hydrogen) atoms. The molecule has 0 saturated carbocycles. The van der Waals surface area contributed by atoms with Crippen LogP contribution >= 0.6 is 0 Å². The third-order valence-electron chi connectivity index (χ3n) is 4.19.